The Morgan fingerprint density at radius 1 is 1.19 bits per heavy atom. The van der Waals surface area contributed by atoms with Crippen LogP contribution in [-0.4, -0.2) is 27.6 Å². The van der Waals surface area contributed by atoms with Crippen LogP contribution in [0.5, 0.6) is 5.75 Å². The van der Waals surface area contributed by atoms with Crippen molar-refractivity contribution in [3.8, 4) is 17.0 Å². The van der Waals surface area contributed by atoms with Gasteiger partial charge in [-0.05, 0) is 30.3 Å². The molecule has 1 amide bonds. The first-order valence-corrected chi connectivity index (χ1v) is 9.76. The largest absolute Gasteiger partial charge is 0.496 e. The van der Waals surface area contributed by atoms with E-state index in [1.807, 2.05) is 0 Å². The molecule has 0 aliphatic heterocycles. The van der Waals surface area contributed by atoms with Gasteiger partial charge < -0.3 is 14.6 Å². The number of thiazole rings is 1. The monoisotopic (exact) mass is 450 g/mol. The van der Waals surface area contributed by atoms with Gasteiger partial charge in [0, 0.05) is 10.9 Å². The number of halogens is 4. The molecule has 11 heteroatoms. The van der Waals surface area contributed by atoms with Crippen molar-refractivity contribution in [2.24, 2.45) is 0 Å². The van der Waals surface area contributed by atoms with Crippen molar-refractivity contribution in [2.45, 2.75) is 12.7 Å². The molecule has 2 aromatic carbocycles. The number of aromatic nitrogens is 3. The van der Waals surface area contributed by atoms with Crippen molar-refractivity contribution in [3.05, 3.63) is 59.5 Å². The number of nitrogens with one attached hydrogen (secondary N) is 1. The molecular weight excluding hydrogens is 436 g/mol. The number of fused-ring (bicyclic) bond motifs is 1. The second-order valence-corrected chi connectivity index (χ2v) is 7.30. The van der Waals surface area contributed by atoms with Crippen LogP contribution in [0.3, 0.4) is 0 Å². The molecule has 2 heterocycles. The molecule has 0 saturated heterocycles. The Labute approximate surface area is 177 Å². The van der Waals surface area contributed by atoms with Gasteiger partial charge in [0.2, 0.25) is 11.7 Å². The number of carbonyl (C=O) groups is 1. The first-order valence-electron chi connectivity index (χ1n) is 8.88. The smallest absolute Gasteiger partial charge is 0.449 e. The third-order valence-electron chi connectivity index (χ3n) is 4.40. The van der Waals surface area contributed by atoms with Crippen LogP contribution in [-0.2, 0) is 17.5 Å². The molecule has 4 rings (SSSR count). The normalized spacial score (nSPS) is 11.6. The van der Waals surface area contributed by atoms with E-state index in [1.165, 1.54) is 37.4 Å². The molecule has 2 aromatic heterocycles. The van der Waals surface area contributed by atoms with E-state index in [2.05, 4.69) is 15.3 Å². The topological polar surface area (TPSA) is 69.0 Å². The van der Waals surface area contributed by atoms with E-state index in [0.29, 0.717) is 17.0 Å². The highest BCUT2D eigenvalue weighted by Crippen LogP contribution is 2.33. The lowest BCUT2D eigenvalue weighted by Crippen LogP contribution is -2.23. The Morgan fingerprint density at radius 2 is 1.97 bits per heavy atom. The average Bonchev–Trinajstić information content (AvgIpc) is 3.33. The average molecular weight is 450 g/mol. The van der Waals surface area contributed by atoms with Gasteiger partial charge in [0.15, 0.2) is 5.13 Å². The Hall–Kier alpha value is -3.47. The summed E-state index contributed by atoms with van der Waals surface area (Å²) in [7, 11) is 1.43. The molecule has 0 aliphatic rings. The van der Waals surface area contributed by atoms with Gasteiger partial charge in [-0.1, -0.05) is 12.1 Å². The van der Waals surface area contributed by atoms with Crippen LogP contribution in [0.2, 0.25) is 0 Å². The number of nitrogens with zero attached hydrogens (tertiary/aromatic N) is 3. The SMILES string of the molecule is COc1ccc(F)cc1-c1csc(NC(=O)Cn2c(C(F)(F)F)nc3ccccc32)n1. The number of hydrogen-bond donors (Lipinski definition) is 1. The molecule has 0 unspecified atom stereocenters. The molecule has 0 spiro atoms. The number of benzene rings is 2. The Balaban J connectivity index is 1.58. The quantitative estimate of drug-likeness (QED) is 0.436. The van der Waals surface area contributed by atoms with Crippen LogP contribution in [0, 0.1) is 5.82 Å². The second-order valence-electron chi connectivity index (χ2n) is 6.44. The van der Waals surface area contributed by atoms with Gasteiger partial charge in [0.1, 0.15) is 18.1 Å². The number of hydrogen-bond acceptors (Lipinski definition) is 5. The summed E-state index contributed by atoms with van der Waals surface area (Å²) in [4.78, 5) is 20.3. The zero-order valence-corrected chi connectivity index (χ0v) is 16.7. The Bertz CT molecular complexity index is 1270. The van der Waals surface area contributed by atoms with Gasteiger partial charge in [-0.25, -0.2) is 14.4 Å². The molecule has 160 valence electrons. The van der Waals surface area contributed by atoms with E-state index in [4.69, 9.17) is 4.74 Å². The predicted octanol–water partition coefficient (Wildman–Crippen LogP) is 4.97. The van der Waals surface area contributed by atoms with E-state index in [0.717, 1.165) is 15.9 Å². The molecule has 0 saturated carbocycles. The van der Waals surface area contributed by atoms with Crippen LogP contribution >= 0.6 is 11.3 Å². The summed E-state index contributed by atoms with van der Waals surface area (Å²) in [6.45, 7) is -0.604. The van der Waals surface area contributed by atoms with Crippen LogP contribution in [0.25, 0.3) is 22.3 Å². The molecule has 6 nitrogen and oxygen atoms in total. The molecule has 4 aromatic rings. The number of methoxy groups -OCH3 is 1. The Kier molecular flexibility index (Phi) is 5.36. The fourth-order valence-electron chi connectivity index (χ4n) is 3.09. The number of anilines is 1. The summed E-state index contributed by atoms with van der Waals surface area (Å²) in [6, 6.07) is 9.97. The molecule has 1 N–H and O–H groups in total. The first-order chi connectivity index (χ1) is 14.8. The molecule has 0 radical (unpaired) electrons. The van der Waals surface area contributed by atoms with Crippen molar-refractivity contribution in [2.75, 3.05) is 12.4 Å². The highest BCUT2D eigenvalue weighted by Gasteiger charge is 2.38. The van der Waals surface area contributed by atoms with E-state index in [9.17, 15) is 22.4 Å². The highest BCUT2D eigenvalue weighted by molar-refractivity contribution is 7.14. The zero-order chi connectivity index (χ0) is 22.2. The first kappa shape index (κ1) is 20.8. The highest BCUT2D eigenvalue weighted by atomic mass is 32.1. The summed E-state index contributed by atoms with van der Waals surface area (Å²) in [5, 5.41) is 4.22. The van der Waals surface area contributed by atoms with Crippen molar-refractivity contribution in [3.63, 3.8) is 0 Å². The van der Waals surface area contributed by atoms with Gasteiger partial charge in [-0.15, -0.1) is 11.3 Å². The minimum Gasteiger partial charge on any atom is -0.496 e. The van der Waals surface area contributed by atoms with E-state index < -0.39 is 30.3 Å². The van der Waals surface area contributed by atoms with Crippen molar-refractivity contribution < 1.29 is 27.1 Å². The van der Waals surface area contributed by atoms with Gasteiger partial charge in [-0.3, -0.25) is 4.79 Å². The number of amides is 1. The lowest BCUT2D eigenvalue weighted by Gasteiger charge is -2.11. The van der Waals surface area contributed by atoms with Crippen LogP contribution < -0.4 is 10.1 Å². The number of imidazole rings is 1. The molecule has 0 atom stereocenters. The van der Waals surface area contributed by atoms with Crippen molar-refractivity contribution in [1.29, 1.82) is 0 Å². The standard InChI is InChI=1S/C20H14F4N4O2S/c1-30-16-7-6-11(21)8-12(16)14-10-31-19(26-14)27-17(29)9-28-15-5-3-2-4-13(15)25-18(28)20(22,23)24/h2-8,10H,9H2,1H3,(H,26,27,29). The fourth-order valence-corrected chi connectivity index (χ4v) is 3.82. The summed E-state index contributed by atoms with van der Waals surface area (Å²) < 4.78 is 59.8. The third-order valence-corrected chi connectivity index (χ3v) is 5.16. The minimum absolute atomic E-state index is 0.136. The van der Waals surface area contributed by atoms with Gasteiger partial charge >= 0.3 is 6.18 Å². The fraction of sp³-hybridized carbons (Fsp3) is 0.150. The maximum absolute atomic E-state index is 13.6. The lowest BCUT2D eigenvalue weighted by molar-refractivity contribution is -0.147. The number of alkyl halides is 3. The number of para-hydroxylation sites is 2. The minimum atomic E-state index is -4.72. The third kappa shape index (κ3) is 4.22. The maximum atomic E-state index is 13.6. The summed E-state index contributed by atoms with van der Waals surface area (Å²) in [5.41, 5.74) is 1.08. The maximum Gasteiger partial charge on any atom is 0.449 e. The van der Waals surface area contributed by atoms with Crippen molar-refractivity contribution in [1.82, 2.24) is 14.5 Å². The molecule has 0 bridgehead atoms. The summed E-state index contributed by atoms with van der Waals surface area (Å²) in [5.74, 6) is -1.96. The van der Waals surface area contributed by atoms with Gasteiger partial charge in [-0.2, -0.15) is 13.2 Å². The molecule has 0 fully saturated rings. The van der Waals surface area contributed by atoms with Crippen molar-refractivity contribution >= 4 is 33.4 Å². The van der Waals surface area contributed by atoms with Gasteiger partial charge in [0.05, 0.1) is 23.8 Å². The summed E-state index contributed by atoms with van der Waals surface area (Å²) in [6.07, 6.45) is -4.72. The van der Waals surface area contributed by atoms with E-state index in [-0.39, 0.29) is 16.2 Å². The van der Waals surface area contributed by atoms with Crippen LogP contribution in [0.15, 0.2) is 47.8 Å². The predicted molar refractivity (Wildman–Crippen MR) is 107 cm³/mol. The van der Waals surface area contributed by atoms with Gasteiger partial charge in [0.25, 0.3) is 0 Å². The second kappa shape index (κ2) is 7.99. The Morgan fingerprint density at radius 3 is 2.71 bits per heavy atom. The van der Waals surface area contributed by atoms with E-state index in [1.54, 1.807) is 17.5 Å². The lowest BCUT2D eigenvalue weighted by atomic mass is 10.1. The number of rotatable bonds is 5. The zero-order valence-electron chi connectivity index (χ0n) is 15.9. The van der Waals surface area contributed by atoms with Crippen LogP contribution in [0.4, 0.5) is 22.7 Å². The van der Waals surface area contributed by atoms with E-state index >= 15 is 0 Å². The number of carbonyl (C=O) groups excluding carboxylic acids is 1. The molecule has 31 heavy (non-hydrogen) atoms. The molecule has 0 aliphatic carbocycles. The number of ether oxygens (including phenoxy) is 1. The molecular formula is C20H14F4N4O2S. The van der Waals surface area contributed by atoms with Crippen LogP contribution in [0.1, 0.15) is 5.82 Å². The summed E-state index contributed by atoms with van der Waals surface area (Å²) >= 11 is 1.06.